The van der Waals surface area contributed by atoms with Crippen molar-refractivity contribution in [1.29, 1.82) is 0 Å². The molecule has 0 fully saturated rings. The van der Waals surface area contributed by atoms with Crippen LogP contribution < -0.4 is 5.32 Å². The van der Waals surface area contributed by atoms with E-state index < -0.39 is 0 Å². The van der Waals surface area contributed by atoms with Gasteiger partial charge >= 0.3 is 0 Å². The summed E-state index contributed by atoms with van der Waals surface area (Å²) in [6.45, 7) is 7.66. The van der Waals surface area contributed by atoms with E-state index in [2.05, 4.69) is 15.5 Å². The van der Waals surface area contributed by atoms with E-state index in [1.54, 1.807) is 18.4 Å². The Morgan fingerprint density at radius 2 is 2.05 bits per heavy atom. The average molecular weight is 277 g/mol. The maximum Gasteiger partial charge on any atom is 0.249 e. The van der Waals surface area contributed by atoms with Gasteiger partial charge in [0.05, 0.1) is 6.26 Å². The van der Waals surface area contributed by atoms with Gasteiger partial charge in [0.1, 0.15) is 6.04 Å². The number of aromatic nitrogens is 2. The lowest BCUT2D eigenvalue weighted by molar-refractivity contribution is -0.125. The molecule has 2 heterocycles. The summed E-state index contributed by atoms with van der Waals surface area (Å²) in [5.74, 6) is 1.32. The van der Waals surface area contributed by atoms with Crippen LogP contribution in [0, 0.1) is 11.8 Å². The van der Waals surface area contributed by atoms with Crippen molar-refractivity contribution in [2.75, 3.05) is 0 Å². The van der Waals surface area contributed by atoms with Crippen LogP contribution in [0.1, 0.15) is 39.6 Å². The Balaban J connectivity index is 2.20. The first-order valence-electron chi connectivity index (χ1n) is 6.67. The number of nitrogens with one attached hydrogen (secondary N) is 1. The monoisotopic (exact) mass is 277 g/mol. The second-order valence-electron chi connectivity index (χ2n) is 5.32. The molecule has 0 saturated heterocycles. The lowest BCUT2D eigenvalue weighted by atomic mass is 10.0. The standard InChI is InChI=1S/C14H19N3O3/c1-8(2)11(15-13(18)9(3)4)14-16-12(17-20-14)10-6-5-7-19-10/h5-9,11H,1-4H3,(H,15,18). The SMILES string of the molecule is CC(C)C(=O)NC(c1nc(-c2ccco2)no1)C(C)C. The van der Waals surface area contributed by atoms with Crippen molar-refractivity contribution >= 4 is 5.91 Å². The van der Waals surface area contributed by atoms with Gasteiger partial charge in [-0.3, -0.25) is 4.79 Å². The lowest BCUT2D eigenvalue weighted by Gasteiger charge is -2.19. The van der Waals surface area contributed by atoms with Crippen molar-refractivity contribution in [1.82, 2.24) is 15.5 Å². The van der Waals surface area contributed by atoms with Crippen LogP contribution in [0.4, 0.5) is 0 Å². The van der Waals surface area contributed by atoms with Gasteiger partial charge in [0.25, 0.3) is 0 Å². The maximum atomic E-state index is 11.8. The fraction of sp³-hybridized carbons (Fsp3) is 0.500. The van der Waals surface area contributed by atoms with Gasteiger partial charge in [0.15, 0.2) is 5.76 Å². The molecule has 0 aliphatic heterocycles. The molecule has 0 bridgehead atoms. The number of nitrogens with zero attached hydrogens (tertiary/aromatic N) is 2. The molecule has 20 heavy (non-hydrogen) atoms. The summed E-state index contributed by atoms with van der Waals surface area (Å²) < 4.78 is 10.5. The van der Waals surface area contributed by atoms with Crippen molar-refractivity contribution in [2.45, 2.75) is 33.7 Å². The third kappa shape index (κ3) is 3.07. The topological polar surface area (TPSA) is 81.2 Å². The van der Waals surface area contributed by atoms with E-state index in [1.165, 1.54) is 0 Å². The van der Waals surface area contributed by atoms with Gasteiger partial charge in [-0.25, -0.2) is 0 Å². The van der Waals surface area contributed by atoms with Gasteiger partial charge in [-0.05, 0) is 18.1 Å². The van der Waals surface area contributed by atoms with Crippen molar-refractivity contribution in [3.05, 3.63) is 24.3 Å². The fourth-order valence-electron chi connectivity index (χ4n) is 1.70. The molecule has 2 aromatic rings. The van der Waals surface area contributed by atoms with Crippen LogP contribution in [0.3, 0.4) is 0 Å². The first-order chi connectivity index (χ1) is 9.49. The van der Waals surface area contributed by atoms with Crippen LogP contribution in [0.2, 0.25) is 0 Å². The molecule has 0 saturated carbocycles. The van der Waals surface area contributed by atoms with Crippen LogP contribution in [0.5, 0.6) is 0 Å². The van der Waals surface area contributed by atoms with E-state index in [0.29, 0.717) is 17.5 Å². The van der Waals surface area contributed by atoms with E-state index >= 15 is 0 Å². The summed E-state index contributed by atoms with van der Waals surface area (Å²) in [6.07, 6.45) is 1.55. The van der Waals surface area contributed by atoms with Crippen molar-refractivity contribution < 1.29 is 13.7 Å². The molecule has 1 N–H and O–H groups in total. The molecule has 1 atom stereocenters. The van der Waals surface area contributed by atoms with Gasteiger partial charge in [-0.15, -0.1) is 0 Å². The van der Waals surface area contributed by atoms with Crippen molar-refractivity contribution in [3.63, 3.8) is 0 Å². The van der Waals surface area contributed by atoms with Crippen LogP contribution in [0.15, 0.2) is 27.3 Å². The highest BCUT2D eigenvalue weighted by Crippen LogP contribution is 2.24. The second kappa shape index (κ2) is 5.90. The highest BCUT2D eigenvalue weighted by Gasteiger charge is 2.26. The van der Waals surface area contributed by atoms with Crippen LogP contribution in [0.25, 0.3) is 11.6 Å². The minimum absolute atomic E-state index is 0.0403. The third-order valence-corrected chi connectivity index (χ3v) is 2.94. The number of carbonyl (C=O) groups is 1. The molecule has 0 spiro atoms. The molecule has 1 amide bonds. The molecule has 0 aliphatic carbocycles. The smallest absolute Gasteiger partial charge is 0.249 e. The minimum atomic E-state index is -0.305. The molecule has 0 aliphatic rings. The molecule has 1 unspecified atom stereocenters. The van der Waals surface area contributed by atoms with Gasteiger partial charge in [0.2, 0.25) is 17.6 Å². The second-order valence-corrected chi connectivity index (χ2v) is 5.32. The number of rotatable bonds is 5. The summed E-state index contributed by atoms with van der Waals surface area (Å²) >= 11 is 0. The zero-order valence-corrected chi connectivity index (χ0v) is 12.1. The summed E-state index contributed by atoms with van der Waals surface area (Å²) in [5.41, 5.74) is 0. The van der Waals surface area contributed by atoms with E-state index in [0.717, 1.165) is 0 Å². The van der Waals surface area contributed by atoms with Gasteiger partial charge < -0.3 is 14.3 Å². The Bertz CT molecular complexity index is 558. The van der Waals surface area contributed by atoms with Crippen LogP contribution >= 0.6 is 0 Å². The average Bonchev–Trinajstić information content (AvgIpc) is 3.05. The molecule has 2 aromatic heterocycles. The van der Waals surface area contributed by atoms with Gasteiger partial charge in [0, 0.05) is 5.92 Å². The highest BCUT2D eigenvalue weighted by molar-refractivity contribution is 5.78. The highest BCUT2D eigenvalue weighted by atomic mass is 16.5. The Kier molecular flexibility index (Phi) is 4.22. The number of carbonyl (C=O) groups excluding carboxylic acids is 1. The number of hydrogen-bond donors (Lipinski definition) is 1. The van der Waals surface area contributed by atoms with E-state index in [1.807, 2.05) is 27.7 Å². The fourth-order valence-corrected chi connectivity index (χ4v) is 1.70. The minimum Gasteiger partial charge on any atom is -0.461 e. The maximum absolute atomic E-state index is 11.8. The first-order valence-corrected chi connectivity index (χ1v) is 6.67. The summed E-state index contributed by atoms with van der Waals surface area (Å²) in [6, 6.07) is 3.21. The Morgan fingerprint density at radius 1 is 1.30 bits per heavy atom. The summed E-state index contributed by atoms with van der Waals surface area (Å²) in [4.78, 5) is 16.1. The number of amides is 1. The molecule has 6 nitrogen and oxygen atoms in total. The zero-order valence-electron chi connectivity index (χ0n) is 12.1. The lowest BCUT2D eigenvalue weighted by Crippen LogP contribution is -2.34. The van der Waals surface area contributed by atoms with Crippen LogP contribution in [-0.2, 0) is 4.79 Å². The van der Waals surface area contributed by atoms with E-state index in [-0.39, 0.29) is 23.8 Å². The predicted octanol–water partition coefficient (Wildman–Crippen LogP) is 2.80. The third-order valence-electron chi connectivity index (χ3n) is 2.94. The number of furan rings is 1. The van der Waals surface area contributed by atoms with E-state index in [4.69, 9.17) is 8.94 Å². The molecule has 0 radical (unpaired) electrons. The quantitative estimate of drug-likeness (QED) is 0.908. The molecular formula is C14H19N3O3. The molecule has 108 valence electrons. The number of hydrogen-bond acceptors (Lipinski definition) is 5. The van der Waals surface area contributed by atoms with Gasteiger partial charge in [-0.1, -0.05) is 32.9 Å². The molecular weight excluding hydrogens is 258 g/mol. The largest absolute Gasteiger partial charge is 0.461 e. The summed E-state index contributed by atoms with van der Waals surface area (Å²) in [5, 5.41) is 6.81. The molecule has 6 heteroatoms. The normalized spacial score (nSPS) is 12.9. The predicted molar refractivity (Wildman–Crippen MR) is 72.6 cm³/mol. The molecule has 0 aromatic carbocycles. The first kappa shape index (κ1) is 14.3. The van der Waals surface area contributed by atoms with Crippen molar-refractivity contribution in [3.8, 4) is 11.6 Å². The Morgan fingerprint density at radius 3 is 2.60 bits per heavy atom. The van der Waals surface area contributed by atoms with E-state index in [9.17, 15) is 4.79 Å². The molecule has 2 rings (SSSR count). The summed E-state index contributed by atoms with van der Waals surface area (Å²) in [7, 11) is 0. The van der Waals surface area contributed by atoms with Crippen molar-refractivity contribution in [2.24, 2.45) is 11.8 Å². The Hall–Kier alpha value is -2.11. The van der Waals surface area contributed by atoms with Crippen LogP contribution in [-0.4, -0.2) is 16.0 Å². The zero-order chi connectivity index (χ0) is 14.7. The Labute approximate surface area is 117 Å². The van der Waals surface area contributed by atoms with Gasteiger partial charge in [-0.2, -0.15) is 4.98 Å².